The van der Waals surface area contributed by atoms with Crippen molar-refractivity contribution in [3.05, 3.63) is 113 Å². The van der Waals surface area contributed by atoms with Gasteiger partial charge in [-0.1, -0.05) is 72.3 Å². The van der Waals surface area contributed by atoms with E-state index in [1.807, 2.05) is 72.5 Å². The third-order valence-electron chi connectivity index (χ3n) is 5.33. The molecule has 3 heteroatoms. The highest BCUT2D eigenvalue weighted by atomic mass is 16.5. The van der Waals surface area contributed by atoms with E-state index in [0.29, 0.717) is 18.7 Å². The number of amides is 1. The van der Waals surface area contributed by atoms with Crippen LogP contribution in [0.15, 0.2) is 91.0 Å². The van der Waals surface area contributed by atoms with Crippen molar-refractivity contribution in [2.75, 3.05) is 7.11 Å². The van der Waals surface area contributed by atoms with Crippen LogP contribution in [0, 0.1) is 6.92 Å². The van der Waals surface area contributed by atoms with Gasteiger partial charge in [0.2, 0.25) is 0 Å². The molecule has 4 rings (SSSR count). The largest absolute Gasteiger partial charge is 0.497 e. The Hall–Kier alpha value is -3.59. The lowest BCUT2D eigenvalue weighted by Gasteiger charge is -2.24. The molecule has 1 amide bonds. The highest BCUT2D eigenvalue weighted by Gasteiger charge is 2.18. The van der Waals surface area contributed by atoms with E-state index in [4.69, 9.17) is 4.74 Å². The molecule has 0 saturated heterocycles. The molecule has 0 aliphatic carbocycles. The Bertz CT molecular complexity index is 1160. The van der Waals surface area contributed by atoms with Crippen LogP contribution in [0.5, 0.6) is 5.75 Å². The Morgan fingerprint density at radius 2 is 1.57 bits per heavy atom. The monoisotopic (exact) mass is 395 g/mol. The number of carbonyl (C=O) groups is 1. The van der Waals surface area contributed by atoms with Gasteiger partial charge >= 0.3 is 0 Å². The zero-order valence-corrected chi connectivity index (χ0v) is 17.3. The number of nitrogens with zero attached hydrogens (tertiary/aromatic N) is 1. The molecule has 0 saturated carbocycles. The summed E-state index contributed by atoms with van der Waals surface area (Å²) < 4.78 is 5.27. The number of aryl methyl sites for hydroxylation is 1. The van der Waals surface area contributed by atoms with Crippen molar-refractivity contribution in [2.24, 2.45) is 0 Å². The fourth-order valence-corrected chi connectivity index (χ4v) is 3.75. The summed E-state index contributed by atoms with van der Waals surface area (Å²) in [4.78, 5) is 15.4. The van der Waals surface area contributed by atoms with Gasteiger partial charge in [0.05, 0.1) is 7.11 Å². The molecular weight excluding hydrogens is 370 g/mol. The van der Waals surface area contributed by atoms with Gasteiger partial charge in [-0.25, -0.2) is 0 Å². The van der Waals surface area contributed by atoms with Crippen LogP contribution < -0.4 is 4.74 Å². The molecule has 4 aromatic carbocycles. The molecule has 0 spiro atoms. The van der Waals surface area contributed by atoms with Gasteiger partial charge in [0.15, 0.2) is 0 Å². The van der Waals surface area contributed by atoms with Gasteiger partial charge < -0.3 is 9.64 Å². The lowest BCUT2D eigenvalue weighted by molar-refractivity contribution is 0.0730. The van der Waals surface area contributed by atoms with Gasteiger partial charge in [-0.3, -0.25) is 4.79 Å². The van der Waals surface area contributed by atoms with Crippen LogP contribution in [-0.2, 0) is 13.1 Å². The zero-order chi connectivity index (χ0) is 20.9. The van der Waals surface area contributed by atoms with Crippen molar-refractivity contribution >= 4 is 16.7 Å². The number of fused-ring (bicyclic) bond motifs is 1. The number of hydrogen-bond donors (Lipinski definition) is 0. The number of methoxy groups -OCH3 is 1. The Balaban J connectivity index is 1.69. The van der Waals surface area contributed by atoms with Crippen LogP contribution >= 0.6 is 0 Å². The highest BCUT2D eigenvalue weighted by molar-refractivity contribution is 5.95. The van der Waals surface area contributed by atoms with Gasteiger partial charge in [0.1, 0.15) is 5.75 Å². The molecule has 4 aromatic rings. The Labute approximate surface area is 177 Å². The van der Waals surface area contributed by atoms with E-state index in [0.717, 1.165) is 22.4 Å². The molecule has 0 aliphatic heterocycles. The maximum absolute atomic E-state index is 13.5. The van der Waals surface area contributed by atoms with E-state index >= 15 is 0 Å². The first-order valence-electron chi connectivity index (χ1n) is 10.1. The van der Waals surface area contributed by atoms with Gasteiger partial charge in [-0.2, -0.15) is 0 Å². The summed E-state index contributed by atoms with van der Waals surface area (Å²) in [6.45, 7) is 3.08. The quantitative estimate of drug-likeness (QED) is 0.401. The van der Waals surface area contributed by atoms with Crippen LogP contribution in [0.2, 0.25) is 0 Å². The lowest BCUT2D eigenvalue weighted by atomic mass is 10.0. The van der Waals surface area contributed by atoms with Gasteiger partial charge in [0.25, 0.3) is 5.91 Å². The van der Waals surface area contributed by atoms with E-state index < -0.39 is 0 Å². The predicted molar refractivity (Wildman–Crippen MR) is 122 cm³/mol. The summed E-state index contributed by atoms with van der Waals surface area (Å²) in [5, 5.41) is 2.36. The van der Waals surface area contributed by atoms with Gasteiger partial charge in [-0.15, -0.1) is 0 Å². The molecule has 0 aliphatic rings. The summed E-state index contributed by atoms with van der Waals surface area (Å²) in [5.41, 5.74) is 4.00. The smallest absolute Gasteiger partial charge is 0.254 e. The summed E-state index contributed by atoms with van der Waals surface area (Å²) in [7, 11) is 1.66. The Morgan fingerprint density at radius 3 is 2.33 bits per heavy atom. The van der Waals surface area contributed by atoms with Gasteiger partial charge in [0, 0.05) is 18.7 Å². The minimum atomic E-state index is 0.0300. The van der Waals surface area contributed by atoms with E-state index in [1.54, 1.807) is 7.11 Å². The Kier molecular flexibility index (Phi) is 5.80. The maximum atomic E-state index is 13.5. The van der Waals surface area contributed by atoms with Crippen LogP contribution in [0.25, 0.3) is 10.8 Å². The van der Waals surface area contributed by atoms with E-state index in [9.17, 15) is 4.79 Å². The number of carbonyl (C=O) groups excluding carboxylic acids is 1. The second kappa shape index (κ2) is 8.83. The highest BCUT2D eigenvalue weighted by Crippen LogP contribution is 2.23. The average molecular weight is 396 g/mol. The molecule has 0 atom stereocenters. The molecular formula is C27H25NO2. The van der Waals surface area contributed by atoms with Crippen LogP contribution in [0.3, 0.4) is 0 Å². The second-order valence-electron chi connectivity index (χ2n) is 7.52. The molecule has 3 nitrogen and oxygen atoms in total. The van der Waals surface area contributed by atoms with E-state index in [1.165, 1.54) is 10.8 Å². The molecule has 0 radical (unpaired) electrons. The normalized spacial score (nSPS) is 10.7. The standard InChI is InChI=1S/C27H25NO2/c1-20-7-5-10-23(17-20)27(29)28(18-21-13-15-25(30-2)16-14-21)19-24-11-6-9-22-8-3-4-12-26(22)24/h3-17H,18-19H2,1-2H3. The van der Waals surface area contributed by atoms with Crippen molar-refractivity contribution in [3.8, 4) is 5.75 Å². The zero-order valence-electron chi connectivity index (χ0n) is 17.3. The molecule has 0 bridgehead atoms. The van der Waals surface area contributed by atoms with Crippen molar-refractivity contribution in [3.63, 3.8) is 0 Å². The number of benzene rings is 4. The first-order valence-corrected chi connectivity index (χ1v) is 10.1. The molecule has 0 heterocycles. The fraction of sp³-hybridized carbons (Fsp3) is 0.148. The summed E-state index contributed by atoms with van der Waals surface area (Å²) >= 11 is 0. The molecule has 150 valence electrons. The fourth-order valence-electron chi connectivity index (χ4n) is 3.75. The van der Waals surface area contributed by atoms with E-state index in [-0.39, 0.29) is 5.91 Å². The topological polar surface area (TPSA) is 29.5 Å². The summed E-state index contributed by atoms with van der Waals surface area (Å²) in [6, 6.07) is 30.3. The third kappa shape index (κ3) is 4.36. The van der Waals surface area contributed by atoms with Crippen LogP contribution in [0.4, 0.5) is 0 Å². The summed E-state index contributed by atoms with van der Waals surface area (Å²) in [6.07, 6.45) is 0. The maximum Gasteiger partial charge on any atom is 0.254 e. The van der Waals surface area contributed by atoms with Crippen molar-refractivity contribution in [1.29, 1.82) is 0 Å². The molecule has 0 N–H and O–H groups in total. The minimum absolute atomic E-state index is 0.0300. The Morgan fingerprint density at radius 1 is 0.833 bits per heavy atom. The summed E-state index contributed by atoms with van der Waals surface area (Å²) in [5.74, 6) is 0.840. The van der Waals surface area contributed by atoms with Gasteiger partial charge in [-0.05, 0) is 53.1 Å². The molecule has 0 unspecified atom stereocenters. The van der Waals surface area contributed by atoms with Crippen molar-refractivity contribution in [2.45, 2.75) is 20.0 Å². The first-order chi connectivity index (χ1) is 14.6. The first kappa shape index (κ1) is 19.7. The number of hydrogen-bond acceptors (Lipinski definition) is 2. The average Bonchev–Trinajstić information content (AvgIpc) is 2.79. The second-order valence-corrected chi connectivity index (χ2v) is 7.52. The molecule has 0 aromatic heterocycles. The number of rotatable bonds is 6. The van der Waals surface area contributed by atoms with E-state index in [2.05, 4.69) is 30.3 Å². The lowest BCUT2D eigenvalue weighted by Crippen LogP contribution is -2.30. The molecule has 30 heavy (non-hydrogen) atoms. The van der Waals surface area contributed by atoms with Crippen molar-refractivity contribution < 1.29 is 9.53 Å². The SMILES string of the molecule is COc1ccc(CN(Cc2cccc3ccccc23)C(=O)c2cccc(C)c2)cc1. The van der Waals surface area contributed by atoms with Crippen LogP contribution in [0.1, 0.15) is 27.0 Å². The minimum Gasteiger partial charge on any atom is -0.497 e. The van der Waals surface area contributed by atoms with Crippen molar-refractivity contribution in [1.82, 2.24) is 4.90 Å². The van der Waals surface area contributed by atoms with Crippen LogP contribution in [-0.4, -0.2) is 17.9 Å². The predicted octanol–water partition coefficient (Wildman–Crippen LogP) is 6.00. The third-order valence-corrected chi connectivity index (χ3v) is 5.33. The number of ether oxygens (including phenoxy) is 1. The molecule has 0 fully saturated rings.